The third-order valence-electron chi connectivity index (χ3n) is 0. The SMILES string of the molecule is O=C[O-].O=C[O-].O=C[O-].O=C[O-].[O+2].[O+2]. The van der Waals surface area contributed by atoms with E-state index in [0.717, 1.165) is 0 Å². The summed E-state index contributed by atoms with van der Waals surface area (Å²) in [6.45, 7) is -2.00. The van der Waals surface area contributed by atoms with E-state index in [9.17, 15) is 0 Å². The highest BCUT2D eigenvalue weighted by Crippen LogP contribution is 0.763. The fourth-order valence-electron chi connectivity index (χ4n) is 0. The van der Waals surface area contributed by atoms with Crippen LogP contribution in [0.3, 0.4) is 0 Å². The molecule has 0 atom stereocenters. The largest absolute Gasteiger partial charge is 2.00 e. The van der Waals surface area contributed by atoms with Gasteiger partial charge in [0.05, 0.1) is 0 Å². The lowest BCUT2D eigenvalue weighted by Crippen LogP contribution is -2.01. The van der Waals surface area contributed by atoms with Crippen molar-refractivity contribution in [1.82, 2.24) is 0 Å². The Balaban J connectivity index is -0.0000000145. The van der Waals surface area contributed by atoms with Crippen LogP contribution in [0.25, 0.3) is 0 Å². The smallest absolute Gasteiger partial charge is 0.554 e. The van der Waals surface area contributed by atoms with E-state index in [-0.39, 0.29) is 11.0 Å². The van der Waals surface area contributed by atoms with Gasteiger partial charge < -0.3 is 39.6 Å². The van der Waals surface area contributed by atoms with Crippen LogP contribution in [0, 0.1) is 0 Å². The van der Waals surface area contributed by atoms with Gasteiger partial charge in [0.1, 0.15) is 0 Å². The molecular weight excluding hydrogens is 208 g/mol. The average Bonchev–Trinajstić information content (AvgIpc) is 1.92. The first-order valence-corrected chi connectivity index (χ1v) is 1.89. The minimum atomic E-state index is -0.500. The molecule has 0 saturated carbocycles. The number of hydrogen-bond donors (Lipinski definition) is 0. The normalized spacial score (nSPS) is 3.43. The molecule has 0 aromatic carbocycles. The molecule has 0 heterocycles. The van der Waals surface area contributed by atoms with Crippen molar-refractivity contribution >= 4 is 25.9 Å². The molecule has 0 aliphatic carbocycles. The highest BCUT2D eigenvalue weighted by molar-refractivity contribution is 5.30. The Bertz CT molecular complexity index is 66.1. The minimum Gasteiger partial charge on any atom is -0.554 e. The highest BCUT2D eigenvalue weighted by Gasteiger charge is 2.00. The standard InChI is InChI=1S/4CH2O2.2O/c4*2-1-3;;/h4*1H,(H,2,3);;/q;;;;2*+2/p-4. The Hall–Kier alpha value is -2.20. The van der Waals surface area contributed by atoms with E-state index >= 15 is 0 Å². The number of hydrogen-bond acceptors (Lipinski definition) is 8. The van der Waals surface area contributed by atoms with E-state index in [1.54, 1.807) is 0 Å². The predicted molar refractivity (Wildman–Crippen MR) is 25.6 cm³/mol. The summed E-state index contributed by atoms with van der Waals surface area (Å²) in [5.41, 5.74) is 0. The molecule has 10 heteroatoms. The van der Waals surface area contributed by atoms with Crippen LogP contribution in [0.15, 0.2) is 0 Å². The fraction of sp³-hybridized carbons (Fsp3) is 0. The third-order valence-corrected chi connectivity index (χ3v) is 0. The maximum absolute atomic E-state index is 8.25. The second-order valence-corrected chi connectivity index (χ2v) is 0.385. The summed E-state index contributed by atoms with van der Waals surface area (Å²) < 4.78 is 0. The highest BCUT2D eigenvalue weighted by atomic mass is 16.4. The molecule has 14 heavy (non-hydrogen) atoms. The van der Waals surface area contributed by atoms with Crippen molar-refractivity contribution in [3.05, 3.63) is 0 Å². The van der Waals surface area contributed by atoms with E-state index in [4.69, 9.17) is 39.6 Å². The van der Waals surface area contributed by atoms with Gasteiger partial charge in [-0.05, 0) is 0 Å². The van der Waals surface area contributed by atoms with Gasteiger partial charge in [-0.15, -0.1) is 0 Å². The Labute approximate surface area is 77.6 Å². The molecule has 0 unspecified atom stereocenters. The van der Waals surface area contributed by atoms with Crippen LogP contribution in [0.2, 0.25) is 0 Å². The first-order valence-electron chi connectivity index (χ1n) is 1.89. The van der Waals surface area contributed by atoms with Crippen LogP contribution in [-0.2, 0) is 30.1 Å². The van der Waals surface area contributed by atoms with E-state index in [1.165, 1.54) is 0 Å². The minimum absolute atomic E-state index is 0. The van der Waals surface area contributed by atoms with Crippen molar-refractivity contribution in [3.8, 4) is 0 Å². The summed E-state index contributed by atoms with van der Waals surface area (Å²) in [6.07, 6.45) is 0. The lowest BCUT2D eigenvalue weighted by Gasteiger charge is -1.52. The van der Waals surface area contributed by atoms with Gasteiger partial charge in [0.25, 0.3) is 0 Å². The molecule has 0 aromatic rings. The lowest BCUT2D eigenvalue weighted by atomic mass is 11.7. The van der Waals surface area contributed by atoms with Crippen molar-refractivity contribution in [2.24, 2.45) is 0 Å². The number of rotatable bonds is 0. The van der Waals surface area contributed by atoms with Gasteiger partial charge in [0.15, 0.2) is 0 Å². The topological polar surface area (TPSA) is 218 Å². The van der Waals surface area contributed by atoms with Gasteiger partial charge >= 0.3 is 11.0 Å². The Morgan fingerprint density at radius 3 is 0.500 bits per heavy atom. The molecule has 0 aliphatic heterocycles. The number of carbonyl (C=O) groups is 4. The van der Waals surface area contributed by atoms with Crippen LogP contribution in [0.5, 0.6) is 0 Å². The lowest BCUT2D eigenvalue weighted by molar-refractivity contribution is -0.284. The maximum atomic E-state index is 8.25. The summed E-state index contributed by atoms with van der Waals surface area (Å²) in [5, 5.41) is 33.0. The monoisotopic (exact) mass is 212 g/mol. The quantitative estimate of drug-likeness (QED) is 0.350. The maximum Gasteiger partial charge on any atom is 2.00 e. The van der Waals surface area contributed by atoms with Crippen molar-refractivity contribution in [2.45, 2.75) is 0 Å². The van der Waals surface area contributed by atoms with Gasteiger partial charge in [0.2, 0.25) is 0 Å². The van der Waals surface area contributed by atoms with Gasteiger partial charge in [-0.1, -0.05) is 0 Å². The molecule has 8 radical (unpaired) electrons. The van der Waals surface area contributed by atoms with Gasteiger partial charge in [-0.25, -0.2) is 0 Å². The van der Waals surface area contributed by atoms with E-state index in [1.807, 2.05) is 0 Å². The second-order valence-electron chi connectivity index (χ2n) is 0.385. The molecule has 0 bridgehead atoms. The zero-order valence-electron chi connectivity index (χ0n) is 6.39. The summed E-state index contributed by atoms with van der Waals surface area (Å²) >= 11 is 0. The second kappa shape index (κ2) is 320. The van der Waals surface area contributed by atoms with Crippen molar-refractivity contribution < 1.29 is 50.6 Å². The molecule has 0 amide bonds. The van der Waals surface area contributed by atoms with Crippen LogP contribution >= 0.6 is 0 Å². The summed E-state index contributed by atoms with van der Waals surface area (Å²) in [5.74, 6) is 0. The Kier molecular flexibility index (Phi) is 936. The van der Waals surface area contributed by atoms with Crippen LogP contribution in [0.1, 0.15) is 0 Å². The first kappa shape index (κ1) is 40.9. The van der Waals surface area contributed by atoms with Crippen LogP contribution < -0.4 is 20.4 Å². The number of carboxylic acid groups (broad SMARTS) is 4. The molecule has 0 rings (SSSR count). The van der Waals surface area contributed by atoms with Crippen LogP contribution in [0.4, 0.5) is 0 Å². The zero-order chi connectivity index (χ0) is 10.8. The molecule has 0 aromatic heterocycles. The van der Waals surface area contributed by atoms with E-state index in [2.05, 4.69) is 0 Å². The van der Waals surface area contributed by atoms with Gasteiger partial charge in [0, 0.05) is 25.9 Å². The van der Waals surface area contributed by atoms with Crippen molar-refractivity contribution in [3.63, 3.8) is 0 Å². The molecule has 80 valence electrons. The van der Waals surface area contributed by atoms with Crippen molar-refractivity contribution in [2.75, 3.05) is 0 Å². The molecule has 0 aliphatic rings. The molecule has 0 fully saturated rings. The molecule has 10 nitrogen and oxygen atoms in total. The van der Waals surface area contributed by atoms with Gasteiger partial charge in [-0.3, -0.25) is 0 Å². The van der Waals surface area contributed by atoms with Gasteiger partial charge in [-0.2, -0.15) is 0 Å². The Morgan fingerprint density at radius 1 is 0.500 bits per heavy atom. The summed E-state index contributed by atoms with van der Waals surface area (Å²) in [4.78, 5) is 33.0. The summed E-state index contributed by atoms with van der Waals surface area (Å²) in [7, 11) is 0. The average molecular weight is 212 g/mol. The van der Waals surface area contributed by atoms with E-state index in [0.29, 0.717) is 0 Å². The van der Waals surface area contributed by atoms with E-state index < -0.39 is 25.9 Å². The first-order chi connectivity index (χ1) is 5.66. The molecule has 0 N–H and O–H groups in total. The van der Waals surface area contributed by atoms with Crippen molar-refractivity contribution in [1.29, 1.82) is 0 Å². The predicted octanol–water partition coefficient (Wildman–Crippen LogP) is -6.77. The molecule has 0 spiro atoms. The fourth-order valence-corrected chi connectivity index (χ4v) is 0. The molecule has 0 saturated heterocycles. The van der Waals surface area contributed by atoms with Crippen LogP contribution in [-0.4, -0.2) is 25.9 Å². The Morgan fingerprint density at radius 2 is 0.500 bits per heavy atom. The zero-order valence-corrected chi connectivity index (χ0v) is 6.39. The number of carbonyl (C=O) groups excluding carboxylic acids is 4. The molecular formula is C4H4O10. The third kappa shape index (κ3) is 157. The summed E-state index contributed by atoms with van der Waals surface area (Å²) in [6, 6.07) is 0.